The molecule has 0 amide bonds. The highest BCUT2D eigenvalue weighted by Crippen LogP contribution is 2.77. The topological polar surface area (TPSA) is 0 Å². The predicted octanol–water partition coefficient (Wildman–Crippen LogP) is 9.31. The van der Waals surface area contributed by atoms with E-state index in [2.05, 4.69) is 0 Å². The average molecular weight is 499 g/mol. The second kappa shape index (κ2) is 6.33. The molecule has 0 aromatic heterocycles. The Morgan fingerprint density at radius 1 is 0.522 bits per heavy atom. The standard InChI is InChI=1S/C13H2Cl6S4/c14-3-1-5(16)9-11(7(3)18)22-13(20-9)21-10-6(17)2-4(15)8(19)12(10)23-13/h1-2H. The normalized spacial score (nSPS) is 17.7. The maximum absolute atomic E-state index is 6.35. The van der Waals surface area contributed by atoms with Gasteiger partial charge in [-0.1, -0.05) is 117 Å². The molecule has 0 nitrogen and oxygen atoms in total. The number of rotatable bonds is 0. The fourth-order valence-electron chi connectivity index (χ4n) is 2.11. The highest BCUT2D eigenvalue weighted by atomic mass is 35.5. The summed E-state index contributed by atoms with van der Waals surface area (Å²) < 4.78 is -0.333. The maximum Gasteiger partial charge on any atom is 0.171 e. The lowest BCUT2D eigenvalue weighted by Gasteiger charge is -2.17. The molecule has 2 aromatic carbocycles. The minimum absolute atomic E-state index is 0.333. The van der Waals surface area contributed by atoms with Crippen LogP contribution in [-0.2, 0) is 0 Å². The van der Waals surface area contributed by atoms with Gasteiger partial charge in [-0.15, -0.1) is 0 Å². The molecule has 0 aliphatic carbocycles. The Morgan fingerprint density at radius 3 is 1.26 bits per heavy atom. The summed E-state index contributed by atoms with van der Waals surface area (Å²) >= 11 is 44.1. The Bertz CT molecular complexity index is 797. The van der Waals surface area contributed by atoms with Crippen LogP contribution < -0.4 is 0 Å². The van der Waals surface area contributed by atoms with Gasteiger partial charge in [-0.3, -0.25) is 0 Å². The summed E-state index contributed by atoms with van der Waals surface area (Å²) in [6, 6.07) is 3.34. The first-order valence-electron chi connectivity index (χ1n) is 5.92. The molecular formula is C13H2Cl6S4. The summed E-state index contributed by atoms with van der Waals surface area (Å²) in [5, 5.41) is 3.13. The van der Waals surface area contributed by atoms with Crippen LogP contribution in [0, 0.1) is 0 Å². The number of thioether (sulfide) groups is 4. The van der Waals surface area contributed by atoms with Gasteiger partial charge in [0.2, 0.25) is 0 Å². The lowest BCUT2D eigenvalue weighted by molar-refractivity contribution is 1.27. The SMILES string of the molecule is Clc1cc(Cl)c2c(c1Cl)SC1(S2)Sc2c(Cl)cc(Cl)c(Cl)c2S1. The number of fused-ring (bicyclic) bond motifs is 2. The van der Waals surface area contributed by atoms with E-state index in [1.807, 2.05) is 0 Å². The van der Waals surface area contributed by atoms with E-state index in [9.17, 15) is 0 Å². The Hall–Kier alpha value is 1.58. The Kier molecular flexibility index (Phi) is 4.95. The van der Waals surface area contributed by atoms with Crippen molar-refractivity contribution in [1.29, 1.82) is 0 Å². The van der Waals surface area contributed by atoms with Crippen LogP contribution in [-0.4, -0.2) is 2.74 Å². The van der Waals surface area contributed by atoms with Gasteiger partial charge in [0.1, 0.15) is 0 Å². The molecule has 0 atom stereocenters. The molecular weight excluding hydrogens is 497 g/mol. The largest absolute Gasteiger partial charge is 0.171 e. The highest BCUT2D eigenvalue weighted by Gasteiger charge is 2.50. The first kappa shape index (κ1) is 18.0. The molecule has 1 spiro atoms. The van der Waals surface area contributed by atoms with E-state index in [0.29, 0.717) is 30.1 Å². The van der Waals surface area contributed by atoms with Gasteiger partial charge in [-0.2, -0.15) is 0 Å². The van der Waals surface area contributed by atoms with Crippen LogP contribution in [0.1, 0.15) is 0 Å². The van der Waals surface area contributed by atoms with Crippen molar-refractivity contribution in [1.82, 2.24) is 0 Å². The zero-order valence-corrected chi connectivity index (χ0v) is 18.4. The summed E-state index contributed by atoms with van der Waals surface area (Å²) in [6.07, 6.45) is 0. The molecule has 0 saturated heterocycles. The maximum atomic E-state index is 6.35. The van der Waals surface area contributed by atoms with Crippen LogP contribution in [0.15, 0.2) is 31.7 Å². The zero-order valence-electron chi connectivity index (χ0n) is 10.6. The fraction of sp³-hybridized carbons (Fsp3) is 0.0769. The van der Waals surface area contributed by atoms with E-state index in [4.69, 9.17) is 69.6 Å². The number of hydrogen-bond donors (Lipinski definition) is 0. The van der Waals surface area contributed by atoms with Crippen molar-refractivity contribution < 1.29 is 0 Å². The Morgan fingerprint density at radius 2 is 0.870 bits per heavy atom. The van der Waals surface area contributed by atoms with Crippen LogP contribution in [0.2, 0.25) is 30.1 Å². The van der Waals surface area contributed by atoms with E-state index in [1.54, 1.807) is 59.2 Å². The van der Waals surface area contributed by atoms with Gasteiger partial charge in [0, 0.05) is 19.6 Å². The predicted molar refractivity (Wildman–Crippen MR) is 109 cm³/mol. The quantitative estimate of drug-likeness (QED) is 0.331. The van der Waals surface area contributed by atoms with Gasteiger partial charge in [0.05, 0.1) is 30.1 Å². The second-order valence-corrected chi connectivity index (χ2v) is 13.4. The molecule has 23 heavy (non-hydrogen) atoms. The molecule has 0 bridgehead atoms. The van der Waals surface area contributed by atoms with Crippen molar-refractivity contribution >= 4 is 117 Å². The summed E-state index contributed by atoms with van der Waals surface area (Å²) in [6.45, 7) is 0. The highest BCUT2D eigenvalue weighted by molar-refractivity contribution is 8.50. The molecule has 2 aliphatic rings. The average Bonchev–Trinajstić information content (AvgIpc) is 3.05. The monoisotopic (exact) mass is 496 g/mol. The van der Waals surface area contributed by atoms with E-state index in [0.717, 1.165) is 19.6 Å². The van der Waals surface area contributed by atoms with Crippen molar-refractivity contribution in [3.63, 3.8) is 0 Å². The second-order valence-electron chi connectivity index (χ2n) is 4.53. The zero-order chi connectivity index (χ0) is 16.5. The summed E-state index contributed by atoms with van der Waals surface area (Å²) in [5.41, 5.74) is 0. The van der Waals surface area contributed by atoms with Gasteiger partial charge in [-0.25, -0.2) is 0 Å². The number of hydrogen-bond acceptors (Lipinski definition) is 4. The van der Waals surface area contributed by atoms with Crippen LogP contribution in [0.25, 0.3) is 0 Å². The molecule has 0 saturated carbocycles. The summed E-state index contributed by atoms with van der Waals surface area (Å²) in [4.78, 5) is 3.63. The first-order valence-corrected chi connectivity index (χ1v) is 11.5. The molecule has 0 N–H and O–H groups in total. The van der Waals surface area contributed by atoms with E-state index >= 15 is 0 Å². The van der Waals surface area contributed by atoms with Crippen molar-refractivity contribution in [2.45, 2.75) is 22.3 Å². The first-order chi connectivity index (χ1) is 10.8. The third-order valence-corrected chi connectivity index (χ3v) is 12.4. The molecule has 2 heterocycles. The van der Waals surface area contributed by atoms with Crippen LogP contribution in [0.3, 0.4) is 0 Å². The van der Waals surface area contributed by atoms with Gasteiger partial charge in [0.25, 0.3) is 0 Å². The summed E-state index contributed by atoms with van der Waals surface area (Å²) in [5.74, 6) is 0. The smallest absolute Gasteiger partial charge is 0.0830 e. The molecule has 10 heteroatoms. The lowest BCUT2D eigenvalue weighted by Crippen LogP contribution is -1.98. The third-order valence-electron chi connectivity index (χ3n) is 3.08. The molecule has 0 fully saturated rings. The molecule has 0 unspecified atom stereocenters. The van der Waals surface area contributed by atoms with Crippen molar-refractivity contribution in [3.8, 4) is 0 Å². The molecule has 2 aromatic rings. The van der Waals surface area contributed by atoms with E-state index in [1.165, 1.54) is 0 Å². The lowest BCUT2D eigenvalue weighted by atomic mass is 10.3. The third kappa shape index (κ3) is 2.90. The van der Waals surface area contributed by atoms with Gasteiger partial charge in [0.15, 0.2) is 2.74 Å². The van der Waals surface area contributed by atoms with Gasteiger partial charge in [-0.05, 0) is 12.1 Å². The minimum Gasteiger partial charge on any atom is -0.0830 e. The van der Waals surface area contributed by atoms with Crippen molar-refractivity contribution in [2.24, 2.45) is 0 Å². The van der Waals surface area contributed by atoms with Crippen LogP contribution in [0.5, 0.6) is 0 Å². The molecule has 0 radical (unpaired) electrons. The molecule has 120 valence electrons. The molecule has 2 aliphatic heterocycles. The van der Waals surface area contributed by atoms with Crippen molar-refractivity contribution in [2.75, 3.05) is 0 Å². The van der Waals surface area contributed by atoms with E-state index < -0.39 is 0 Å². The number of benzene rings is 2. The minimum atomic E-state index is -0.333. The van der Waals surface area contributed by atoms with Gasteiger partial charge >= 0.3 is 0 Å². The fourth-order valence-corrected chi connectivity index (χ4v) is 11.1. The van der Waals surface area contributed by atoms with Crippen LogP contribution >= 0.6 is 117 Å². The molecule has 4 rings (SSSR count). The summed E-state index contributed by atoms with van der Waals surface area (Å²) in [7, 11) is 0. The van der Waals surface area contributed by atoms with Crippen molar-refractivity contribution in [3.05, 3.63) is 42.3 Å². The Labute approximate surface area is 179 Å². The number of halogens is 6. The van der Waals surface area contributed by atoms with E-state index in [-0.39, 0.29) is 2.74 Å². The van der Waals surface area contributed by atoms with Gasteiger partial charge < -0.3 is 0 Å². The Balaban J connectivity index is 1.80. The van der Waals surface area contributed by atoms with Crippen LogP contribution in [0.4, 0.5) is 0 Å².